The van der Waals surface area contributed by atoms with Crippen molar-refractivity contribution in [1.82, 2.24) is 0 Å². The van der Waals surface area contributed by atoms with Crippen molar-refractivity contribution in [2.24, 2.45) is 0 Å². The Morgan fingerprint density at radius 2 is 1.47 bits per heavy atom. The first kappa shape index (κ1) is 15.4. The molecule has 98 valence electrons. The number of ketones is 1. The van der Waals surface area contributed by atoms with Crippen molar-refractivity contribution in [3.63, 3.8) is 0 Å². The second-order valence-corrected chi connectivity index (χ2v) is 6.50. The summed E-state index contributed by atoms with van der Waals surface area (Å²) in [6.45, 7) is 0. The fourth-order valence-electron chi connectivity index (χ4n) is 1.52. The normalized spacial score (nSPS) is 10.6. The van der Waals surface area contributed by atoms with E-state index in [-0.39, 0.29) is 31.4 Å². The predicted molar refractivity (Wildman–Crippen MR) is 89.1 cm³/mol. The fourth-order valence-corrected chi connectivity index (χ4v) is 2.96. The van der Waals surface area contributed by atoms with E-state index in [4.69, 9.17) is 46.4 Å². The van der Waals surface area contributed by atoms with Gasteiger partial charge in [0.25, 0.3) is 0 Å². The molecular formula is C13H5Cl4IO. The highest BCUT2D eigenvalue weighted by Crippen LogP contribution is 2.38. The van der Waals surface area contributed by atoms with E-state index in [1.165, 1.54) is 6.07 Å². The number of carbonyl (C=O) groups excluding carboxylic acids is 1. The fraction of sp³-hybridized carbons (Fsp3) is 0. The average molecular weight is 446 g/mol. The van der Waals surface area contributed by atoms with Crippen molar-refractivity contribution in [3.05, 3.63) is 65.1 Å². The Hall–Kier alpha value is -0.000000000000000167. The van der Waals surface area contributed by atoms with Crippen LogP contribution in [0.1, 0.15) is 15.9 Å². The van der Waals surface area contributed by atoms with Crippen molar-refractivity contribution in [2.45, 2.75) is 0 Å². The Kier molecular flexibility index (Phi) is 5.01. The van der Waals surface area contributed by atoms with Crippen LogP contribution in [0.25, 0.3) is 0 Å². The van der Waals surface area contributed by atoms with Crippen LogP contribution in [0, 0.1) is 3.57 Å². The van der Waals surface area contributed by atoms with Crippen LogP contribution in [-0.4, -0.2) is 5.78 Å². The third-order valence-electron chi connectivity index (χ3n) is 2.45. The zero-order valence-electron chi connectivity index (χ0n) is 9.18. The van der Waals surface area contributed by atoms with Gasteiger partial charge in [0.15, 0.2) is 5.78 Å². The summed E-state index contributed by atoms with van der Waals surface area (Å²) in [6, 6.07) is 8.48. The van der Waals surface area contributed by atoms with Gasteiger partial charge in [-0.1, -0.05) is 46.4 Å². The molecule has 2 aromatic rings. The smallest absolute Gasteiger partial charge is 0.196 e. The van der Waals surface area contributed by atoms with E-state index in [1.54, 1.807) is 12.1 Å². The lowest BCUT2D eigenvalue weighted by Crippen LogP contribution is -2.04. The van der Waals surface area contributed by atoms with Gasteiger partial charge >= 0.3 is 0 Å². The van der Waals surface area contributed by atoms with E-state index < -0.39 is 0 Å². The zero-order chi connectivity index (χ0) is 14.2. The number of benzene rings is 2. The zero-order valence-corrected chi connectivity index (χ0v) is 14.4. The minimum absolute atomic E-state index is 0.0720. The maximum absolute atomic E-state index is 12.4. The number of halogens is 5. The van der Waals surface area contributed by atoms with Gasteiger partial charge in [-0.15, -0.1) is 0 Å². The van der Waals surface area contributed by atoms with Crippen LogP contribution >= 0.6 is 69.0 Å². The van der Waals surface area contributed by atoms with Gasteiger partial charge in [-0.25, -0.2) is 0 Å². The second kappa shape index (κ2) is 6.19. The molecule has 0 aliphatic carbocycles. The second-order valence-electron chi connectivity index (χ2n) is 3.68. The minimum atomic E-state index is -0.287. The highest BCUT2D eigenvalue weighted by molar-refractivity contribution is 14.1. The van der Waals surface area contributed by atoms with E-state index in [1.807, 2.05) is 12.1 Å². The lowest BCUT2D eigenvalue weighted by Gasteiger charge is -2.09. The predicted octanol–water partition coefficient (Wildman–Crippen LogP) is 6.14. The largest absolute Gasteiger partial charge is 0.288 e. The van der Waals surface area contributed by atoms with Gasteiger partial charge in [-0.2, -0.15) is 0 Å². The molecule has 0 unspecified atom stereocenters. The summed E-state index contributed by atoms with van der Waals surface area (Å²) in [7, 11) is 0. The molecule has 0 atom stereocenters. The number of carbonyl (C=O) groups is 1. The third-order valence-corrected chi connectivity index (χ3v) is 4.73. The topological polar surface area (TPSA) is 17.1 Å². The van der Waals surface area contributed by atoms with Gasteiger partial charge in [0.1, 0.15) is 0 Å². The van der Waals surface area contributed by atoms with Crippen LogP contribution in [0.3, 0.4) is 0 Å². The van der Waals surface area contributed by atoms with Crippen molar-refractivity contribution >= 4 is 74.8 Å². The molecule has 1 nitrogen and oxygen atoms in total. The maximum atomic E-state index is 12.4. The van der Waals surface area contributed by atoms with Gasteiger partial charge in [0, 0.05) is 9.13 Å². The molecule has 0 heterocycles. The van der Waals surface area contributed by atoms with Gasteiger partial charge in [-0.05, 0) is 52.9 Å². The first-order chi connectivity index (χ1) is 8.91. The van der Waals surface area contributed by atoms with Gasteiger partial charge in [0.05, 0.1) is 25.7 Å². The number of hydrogen-bond acceptors (Lipinski definition) is 1. The molecule has 6 heteroatoms. The van der Waals surface area contributed by atoms with Crippen LogP contribution in [0.5, 0.6) is 0 Å². The van der Waals surface area contributed by atoms with E-state index in [0.717, 1.165) is 3.57 Å². The molecule has 0 saturated heterocycles. The molecule has 0 spiro atoms. The Bertz CT molecular complexity index is 653. The summed E-state index contributed by atoms with van der Waals surface area (Å²) < 4.78 is 1.03. The molecule has 19 heavy (non-hydrogen) atoms. The summed E-state index contributed by atoms with van der Waals surface area (Å²) in [4.78, 5) is 12.4. The highest BCUT2D eigenvalue weighted by Gasteiger charge is 2.21. The van der Waals surface area contributed by atoms with E-state index in [2.05, 4.69) is 22.6 Å². The minimum Gasteiger partial charge on any atom is -0.288 e. The number of hydrogen-bond donors (Lipinski definition) is 0. The van der Waals surface area contributed by atoms with E-state index in [0.29, 0.717) is 5.56 Å². The van der Waals surface area contributed by atoms with E-state index >= 15 is 0 Å². The van der Waals surface area contributed by atoms with Crippen LogP contribution in [0.15, 0.2) is 30.3 Å². The number of rotatable bonds is 2. The summed E-state index contributed by atoms with van der Waals surface area (Å²) in [5.41, 5.74) is 0.654. The van der Waals surface area contributed by atoms with Crippen molar-refractivity contribution in [1.29, 1.82) is 0 Å². The van der Waals surface area contributed by atoms with Gasteiger partial charge in [-0.3, -0.25) is 4.79 Å². The van der Waals surface area contributed by atoms with Gasteiger partial charge in [0.2, 0.25) is 0 Å². The third kappa shape index (κ3) is 3.19. The van der Waals surface area contributed by atoms with Crippen LogP contribution in [0.2, 0.25) is 20.1 Å². The first-order valence-electron chi connectivity index (χ1n) is 5.05. The molecule has 0 bridgehead atoms. The Labute approximate surface area is 143 Å². The molecule has 2 aromatic carbocycles. The molecule has 0 aromatic heterocycles. The lowest BCUT2D eigenvalue weighted by atomic mass is 10.0. The Balaban J connectivity index is 2.56. The summed E-state index contributed by atoms with van der Waals surface area (Å²) in [6.07, 6.45) is 0. The molecule has 0 radical (unpaired) electrons. The van der Waals surface area contributed by atoms with E-state index in [9.17, 15) is 4.79 Å². The Morgan fingerprint density at radius 3 is 2.05 bits per heavy atom. The van der Waals surface area contributed by atoms with Crippen LogP contribution in [-0.2, 0) is 0 Å². The quantitative estimate of drug-likeness (QED) is 0.235. The Morgan fingerprint density at radius 1 is 0.895 bits per heavy atom. The summed E-state index contributed by atoms with van der Waals surface area (Å²) >= 11 is 26.0. The molecular weight excluding hydrogens is 441 g/mol. The SMILES string of the molecule is O=C(c1ccc(I)cc1)c1c(Cl)cc(Cl)c(Cl)c1Cl. The summed E-state index contributed by atoms with van der Waals surface area (Å²) in [5.74, 6) is -0.287. The first-order valence-corrected chi connectivity index (χ1v) is 7.64. The molecule has 0 amide bonds. The van der Waals surface area contributed by atoms with Crippen LogP contribution in [0.4, 0.5) is 0 Å². The maximum Gasteiger partial charge on any atom is 0.196 e. The summed E-state index contributed by atoms with van der Waals surface area (Å²) in [5, 5.41) is 0.600. The molecule has 0 fully saturated rings. The molecule has 0 saturated carbocycles. The van der Waals surface area contributed by atoms with Crippen LogP contribution < -0.4 is 0 Å². The molecule has 0 N–H and O–H groups in total. The monoisotopic (exact) mass is 444 g/mol. The van der Waals surface area contributed by atoms with Crippen molar-refractivity contribution in [2.75, 3.05) is 0 Å². The molecule has 2 rings (SSSR count). The van der Waals surface area contributed by atoms with Crippen molar-refractivity contribution < 1.29 is 4.79 Å². The molecule has 0 aliphatic rings. The standard InChI is InChI=1S/C13H5Cl4IO/c14-8-5-9(15)11(16)12(17)10(8)13(19)6-1-3-7(18)4-2-6/h1-5H. The average Bonchev–Trinajstić information content (AvgIpc) is 2.37. The molecule has 0 aliphatic heterocycles. The van der Waals surface area contributed by atoms with Crippen molar-refractivity contribution in [3.8, 4) is 0 Å². The lowest BCUT2D eigenvalue weighted by molar-refractivity contribution is 0.103. The van der Waals surface area contributed by atoms with Gasteiger partial charge < -0.3 is 0 Å². The highest BCUT2D eigenvalue weighted by atomic mass is 127.